The number of ether oxygens (including phenoxy) is 1. The van der Waals surface area contributed by atoms with E-state index >= 15 is 0 Å². The van der Waals surface area contributed by atoms with Crippen molar-refractivity contribution >= 4 is 28.7 Å². The number of pyridine rings is 1. The summed E-state index contributed by atoms with van der Waals surface area (Å²) >= 11 is 0. The van der Waals surface area contributed by atoms with Gasteiger partial charge < -0.3 is 14.5 Å². The number of carbonyl (C=O) groups excluding carboxylic acids is 2. The number of alkyl halides is 1. The number of anilines is 1. The van der Waals surface area contributed by atoms with Crippen LogP contribution in [0.3, 0.4) is 0 Å². The van der Waals surface area contributed by atoms with E-state index in [0.717, 1.165) is 0 Å². The Hall–Kier alpha value is -3.29. The minimum atomic E-state index is -1.99. The second-order valence-electron chi connectivity index (χ2n) is 6.05. The fourth-order valence-corrected chi connectivity index (χ4v) is 2.19. The molecule has 2 heterocycles. The molecular weight excluding hydrogens is 341 g/mol. The molecule has 2 aromatic heterocycles. The van der Waals surface area contributed by atoms with Gasteiger partial charge in [0.15, 0.2) is 11.3 Å². The number of carbonyl (C=O) groups is 2. The smallest absolute Gasteiger partial charge is 0.356 e. The first-order chi connectivity index (χ1) is 12.3. The SMILES string of the molecule is COC(=O)c1cc(-c2nc3cc(NC(=O)C(C)(C)F)ccc3o2)ccn1. The van der Waals surface area contributed by atoms with E-state index in [1.54, 1.807) is 24.3 Å². The van der Waals surface area contributed by atoms with E-state index < -0.39 is 17.5 Å². The molecule has 26 heavy (non-hydrogen) atoms. The molecule has 0 spiro atoms. The van der Waals surface area contributed by atoms with Crippen LogP contribution in [0.4, 0.5) is 10.1 Å². The largest absolute Gasteiger partial charge is 0.464 e. The molecular formula is C18H16FN3O4. The predicted octanol–water partition coefficient (Wildman–Crippen LogP) is 3.36. The number of hydrogen-bond donors (Lipinski definition) is 1. The normalized spacial score (nSPS) is 11.4. The molecule has 0 radical (unpaired) electrons. The molecule has 0 aliphatic rings. The Balaban J connectivity index is 1.93. The summed E-state index contributed by atoms with van der Waals surface area (Å²) < 4.78 is 24.0. The molecule has 0 saturated heterocycles. The van der Waals surface area contributed by atoms with Crippen molar-refractivity contribution in [1.82, 2.24) is 9.97 Å². The molecule has 0 fully saturated rings. The number of rotatable bonds is 4. The van der Waals surface area contributed by atoms with Gasteiger partial charge >= 0.3 is 5.97 Å². The molecule has 3 rings (SSSR count). The molecule has 7 nitrogen and oxygen atoms in total. The fourth-order valence-electron chi connectivity index (χ4n) is 2.19. The lowest BCUT2D eigenvalue weighted by atomic mass is 10.1. The highest BCUT2D eigenvalue weighted by atomic mass is 19.1. The maximum Gasteiger partial charge on any atom is 0.356 e. The van der Waals surface area contributed by atoms with Crippen molar-refractivity contribution in [1.29, 1.82) is 0 Å². The number of benzene rings is 1. The van der Waals surface area contributed by atoms with Crippen molar-refractivity contribution in [3.63, 3.8) is 0 Å². The second kappa shape index (κ2) is 6.55. The van der Waals surface area contributed by atoms with Crippen molar-refractivity contribution < 1.29 is 23.1 Å². The first-order valence-corrected chi connectivity index (χ1v) is 7.73. The summed E-state index contributed by atoms with van der Waals surface area (Å²) in [6, 6.07) is 7.94. The maximum absolute atomic E-state index is 13.6. The quantitative estimate of drug-likeness (QED) is 0.720. The molecule has 0 aliphatic heterocycles. The molecule has 1 amide bonds. The Labute approximate surface area is 148 Å². The van der Waals surface area contributed by atoms with Crippen molar-refractivity contribution in [3.8, 4) is 11.5 Å². The van der Waals surface area contributed by atoms with Crippen LogP contribution in [0.1, 0.15) is 24.3 Å². The second-order valence-corrected chi connectivity index (χ2v) is 6.05. The Morgan fingerprint density at radius 1 is 1.23 bits per heavy atom. The molecule has 0 bridgehead atoms. The van der Waals surface area contributed by atoms with E-state index in [1.807, 2.05) is 0 Å². The Bertz CT molecular complexity index is 992. The van der Waals surface area contributed by atoms with Gasteiger partial charge in [-0.05, 0) is 44.2 Å². The Morgan fingerprint density at radius 2 is 2.00 bits per heavy atom. The zero-order valence-electron chi connectivity index (χ0n) is 14.4. The third-order valence-electron chi connectivity index (χ3n) is 3.59. The van der Waals surface area contributed by atoms with Crippen molar-refractivity contribution in [2.24, 2.45) is 0 Å². The highest BCUT2D eigenvalue weighted by Gasteiger charge is 2.26. The van der Waals surface area contributed by atoms with Crippen LogP contribution in [0.25, 0.3) is 22.6 Å². The number of oxazole rings is 1. The van der Waals surface area contributed by atoms with Gasteiger partial charge in [0.1, 0.15) is 11.2 Å². The standard InChI is InChI=1S/C18H16FN3O4/c1-18(2,19)17(24)21-11-4-5-14-12(9-11)22-15(26-14)10-6-7-20-13(8-10)16(23)25-3/h4-9H,1-3H3,(H,21,24). The van der Waals surface area contributed by atoms with E-state index in [-0.39, 0.29) is 11.6 Å². The van der Waals surface area contributed by atoms with Gasteiger partial charge in [-0.2, -0.15) is 0 Å². The minimum absolute atomic E-state index is 0.130. The number of fused-ring (bicyclic) bond motifs is 1. The molecule has 1 aromatic carbocycles. The van der Waals surface area contributed by atoms with Crippen LogP contribution in [-0.4, -0.2) is 34.6 Å². The third-order valence-corrected chi connectivity index (χ3v) is 3.59. The lowest BCUT2D eigenvalue weighted by Gasteiger charge is -2.13. The summed E-state index contributed by atoms with van der Waals surface area (Å²) in [5, 5.41) is 2.49. The summed E-state index contributed by atoms with van der Waals surface area (Å²) in [4.78, 5) is 31.6. The van der Waals surface area contributed by atoms with Gasteiger partial charge in [0, 0.05) is 17.4 Å². The number of nitrogens with zero attached hydrogens (tertiary/aromatic N) is 2. The highest BCUT2D eigenvalue weighted by molar-refractivity contribution is 5.98. The number of aromatic nitrogens is 2. The summed E-state index contributed by atoms with van der Waals surface area (Å²) in [5.41, 5.74) is 0.0426. The van der Waals surface area contributed by atoms with Crippen LogP contribution in [-0.2, 0) is 9.53 Å². The van der Waals surface area contributed by atoms with Crippen LogP contribution in [0, 0.1) is 0 Å². The predicted molar refractivity (Wildman–Crippen MR) is 92.4 cm³/mol. The molecule has 0 atom stereocenters. The number of nitrogens with one attached hydrogen (secondary N) is 1. The van der Waals surface area contributed by atoms with E-state index in [0.29, 0.717) is 22.4 Å². The third kappa shape index (κ3) is 3.53. The number of amides is 1. The van der Waals surface area contributed by atoms with Gasteiger partial charge in [-0.15, -0.1) is 0 Å². The summed E-state index contributed by atoms with van der Waals surface area (Å²) in [7, 11) is 1.27. The number of methoxy groups -OCH3 is 1. The average molecular weight is 357 g/mol. The lowest BCUT2D eigenvalue weighted by molar-refractivity contribution is -0.125. The van der Waals surface area contributed by atoms with E-state index in [1.165, 1.54) is 33.2 Å². The van der Waals surface area contributed by atoms with Gasteiger partial charge in [0.2, 0.25) is 5.89 Å². The van der Waals surface area contributed by atoms with Crippen molar-refractivity contribution in [3.05, 3.63) is 42.2 Å². The zero-order chi connectivity index (χ0) is 18.9. The van der Waals surface area contributed by atoms with Crippen LogP contribution in [0.15, 0.2) is 40.9 Å². The molecule has 0 unspecified atom stereocenters. The van der Waals surface area contributed by atoms with Gasteiger partial charge in [-0.3, -0.25) is 4.79 Å². The van der Waals surface area contributed by atoms with E-state index in [4.69, 9.17) is 4.42 Å². The van der Waals surface area contributed by atoms with Crippen molar-refractivity contribution in [2.75, 3.05) is 12.4 Å². The van der Waals surface area contributed by atoms with Crippen LogP contribution in [0.2, 0.25) is 0 Å². The molecule has 3 aromatic rings. The highest BCUT2D eigenvalue weighted by Crippen LogP contribution is 2.27. The molecule has 1 N–H and O–H groups in total. The van der Waals surface area contributed by atoms with Crippen LogP contribution in [0.5, 0.6) is 0 Å². The van der Waals surface area contributed by atoms with Crippen LogP contribution >= 0.6 is 0 Å². The number of hydrogen-bond acceptors (Lipinski definition) is 6. The molecule has 0 aliphatic carbocycles. The monoisotopic (exact) mass is 357 g/mol. The minimum Gasteiger partial charge on any atom is -0.464 e. The van der Waals surface area contributed by atoms with E-state index in [9.17, 15) is 14.0 Å². The van der Waals surface area contributed by atoms with Gasteiger partial charge in [0.25, 0.3) is 5.91 Å². The summed E-state index contributed by atoms with van der Waals surface area (Å²) in [6.45, 7) is 2.36. The summed E-state index contributed by atoms with van der Waals surface area (Å²) in [6.07, 6.45) is 1.45. The van der Waals surface area contributed by atoms with Gasteiger partial charge in [0.05, 0.1) is 7.11 Å². The maximum atomic E-state index is 13.6. The first kappa shape index (κ1) is 17.5. The average Bonchev–Trinajstić information content (AvgIpc) is 3.03. The molecule has 0 saturated carbocycles. The van der Waals surface area contributed by atoms with Gasteiger partial charge in [-0.25, -0.2) is 19.2 Å². The van der Waals surface area contributed by atoms with Crippen LogP contribution < -0.4 is 5.32 Å². The van der Waals surface area contributed by atoms with Gasteiger partial charge in [-0.1, -0.05) is 0 Å². The molecule has 134 valence electrons. The Morgan fingerprint density at radius 3 is 2.69 bits per heavy atom. The zero-order valence-corrected chi connectivity index (χ0v) is 14.4. The topological polar surface area (TPSA) is 94.3 Å². The van der Waals surface area contributed by atoms with E-state index in [2.05, 4.69) is 20.0 Å². The number of halogens is 1. The van der Waals surface area contributed by atoms with Crippen molar-refractivity contribution in [2.45, 2.75) is 19.5 Å². The first-order valence-electron chi connectivity index (χ1n) is 7.73. The molecule has 8 heteroatoms. The Kier molecular flexibility index (Phi) is 4.41. The summed E-state index contributed by atoms with van der Waals surface area (Å²) in [5.74, 6) is -1.04. The number of esters is 1. The lowest BCUT2D eigenvalue weighted by Crippen LogP contribution is -2.32. The fraction of sp³-hybridized carbons (Fsp3) is 0.222.